The molecule has 4 aromatic rings. The Balaban J connectivity index is 1.39. The third-order valence-corrected chi connectivity index (χ3v) is 4.89. The highest BCUT2D eigenvalue weighted by Crippen LogP contribution is 2.28. The molecule has 9 heteroatoms. The van der Waals surface area contributed by atoms with Crippen molar-refractivity contribution in [3.8, 4) is 11.5 Å². The zero-order valence-electron chi connectivity index (χ0n) is 18.1. The van der Waals surface area contributed by atoms with Gasteiger partial charge in [0.25, 0.3) is 0 Å². The average Bonchev–Trinajstić information content (AvgIpc) is 3.15. The van der Waals surface area contributed by atoms with Crippen LogP contribution in [0.5, 0.6) is 11.5 Å². The lowest BCUT2D eigenvalue weighted by atomic mass is 10.2. The van der Waals surface area contributed by atoms with E-state index in [0.717, 1.165) is 11.0 Å². The molecule has 0 bridgehead atoms. The molecular weight excluding hydrogens is 422 g/mol. The van der Waals surface area contributed by atoms with Crippen LogP contribution in [0, 0.1) is 0 Å². The number of methoxy groups -OCH3 is 1. The first kappa shape index (κ1) is 21.7. The number of ether oxygens (including phenoxy) is 2. The van der Waals surface area contributed by atoms with Crippen LogP contribution in [-0.4, -0.2) is 39.7 Å². The Morgan fingerprint density at radius 2 is 1.97 bits per heavy atom. The molecule has 2 aromatic heterocycles. The van der Waals surface area contributed by atoms with Gasteiger partial charge in [-0.1, -0.05) is 12.1 Å². The largest absolute Gasteiger partial charge is 0.493 e. The smallest absolute Gasteiger partial charge is 0.345 e. The lowest BCUT2D eigenvalue weighted by Crippen LogP contribution is -2.21. The number of nitrogens with zero attached hydrogens (tertiary/aromatic N) is 4. The molecule has 2 heterocycles. The van der Waals surface area contributed by atoms with Crippen LogP contribution in [0.15, 0.2) is 72.1 Å². The fraction of sp³-hybridized carbons (Fsp3) is 0.125. The predicted octanol–water partition coefficient (Wildman–Crippen LogP) is 2.89. The number of fused-ring (bicyclic) bond motifs is 1. The van der Waals surface area contributed by atoms with E-state index in [-0.39, 0.29) is 18.1 Å². The summed E-state index contributed by atoms with van der Waals surface area (Å²) in [4.78, 5) is 32.9. The maximum absolute atomic E-state index is 12.3. The summed E-state index contributed by atoms with van der Waals surface area (Å²) in [6, 6.07) is 15.9. The second-order valence-electron chi connectivity index (χ2n) is 7.09. The zero-order valence-corrected chi connectivity index (χ0v) is 18.1. The number of para-hydroxylation sites is 2. The highest BCUT2D eigenvalue weighted by atomic mass is 16.6. The third kappa shape index (κ3) is 5.04. The van der Waals surface area contributed by atoms with Gasteiger partial charge in [0.1, 0.15) is 5.82 Å². The normalized spacial score (nSPS) is 11.0. The van der Waals surface area contributed by atoms with Crippen molar-refractivity contribution in [3.63, 3.8) is 0 Å². The molecule has 1 amide bonds. The van der Waals surface area contributed by atoms with Crippen LogP contribution in [0.4, 0.5) is 0 Å². The van der Waals surface area contributed by atoms with Crippen molar-refractivity contribution in [2.45, 2.75) is 6.42 Å². The number of hydrogen-bond donors (Lipinski definition) is 1. The van der Waals surface area contributed by atoms with Crippen LogP contribution >= 0.6 is 0 Å². The first-order valence-corrected chi connectivity index (χ1v) is 10.1. The van der Waals surface area contributed by atoms with Crippen molar-refractivity contribution in [1.82, 2.24) is 20.0 Å². The number of hydrogen-bond acceptors (Lipinski definition) is 7. The second kappa shape index (κ2) is 9.73. The highest BCUT2D eigenvalue weighted by molar-refractivity contribution is 5.91. The van der Waals surface area contributed by atoms with Crippen molar-refractivity contribution in [2.24, 2.45) is 12.1 Å². The number of esters is 1. The summed E-state index contributed by atoms with van der Waals surface area (Å²) in [6.07, 6.45) is 4.56. The maximum atomic E-state index is 12.3. The van der Waals surface area contributed by atoms with Gasteiger partial charge in [0.05, 0.1) is 36.3 Å². The van der Waals surface area contributed by atoms with Crippen molar-refractivity contribution >= 4 is 29.1 Å². The van der Waals surface area contributed by atoms with Crippen LogP contribution < -0.4 is 14.9 Å². The number of carbonyl (C=O) groups is 2. The fourth-order valence-electron chi connectivity index (χ4n) is 3.21. The van der Waals surface area contributed by atoms with Gasteiger partial charge in [-0.2, -0.15) is 5.10 Å². The second-order valence-corrected chi connectivity index (χ2v) is 7.09. The number of hydrazone groups is 1. The molecule has 1 N–H and O–H groups in total. The van der Waals surface area contributed by atoms with E-state index in [1.807, 2.05) is 35.9 Å². The number of benzene rings is 2. The van der Waals surface area contributed by atoms with Gasteiger partial charge in [0.2, 0.25) is 5.91 Å². The molecule has 0 spiro atoms. The summed E-state index contributed by atoms with van der Waals surface area (Å²) in [7, 11) is 3.34. The number of aryl methyl sites for hydroxylation is 1. The Morgan fingerprint density at radius 1 is 1.12 bits per heavy atom. The summed E-state index contributed by atoms with van der Waals surface area (Å²) < 4.78 is 12.6. The molecule has 33 heavy (non-hydrogen) atoms. The molecule has 0 saturated heterocycles. The predicted molar refractivity (Wildman–Crippen MR) is 122 cm³/mol. The SMILES string of the molecule is COc1cc(/C=N/NC(=O)Cc2nc3ccccc3n2C)ccc1OC(=O)c1cccnc1. The summed E-state index contributed by atoms with van der Waals surface area (Å²) in [5.41, 5.74) is 5.27. The number of imidazole rings is 1. The summed E-state index contributed by atoms with van der Waals surface area (Å²) in [6.45, 7) is 0. The molecule has 0 aliphatic carbocycles. The third-order valence-electron chi connectivity index (χ3n) is 4.89. The van der Waals surface area contributed by atoms with E-state index >= 15 is 0 Å². The number of pyridine rings is 1. The average molecular weight is 443 g/mol. The minimum absolute atomic E-state index is 0.0923. The lowest BCUT2D eigenvalue weighted by molar-refractivity contribution is -0.120. The van der Waals surface area contributed by atoms with Gasteiger partial charge in [-0.15, -0.1) is 0 Å². The first-order chi connectivity index (χ1) is 16.0. The van der Waals surface area contributed by atoms with Crippen LogP contribution in [0.1, 0.15) is 21.7 Å². The lowest BCUT2D eigenvalue weighted by Gasteiger charge is -2.09. The topological polar surface area (TPSA) is 108 Å². The van der Waals surface area contributed by atoms with E-state index in [1.54, 1.807) is 36.5 Å². The van der Waals surface area contributed by atoms with Gasteiger partial charge < -0.3 is 14.0 Å². The van der Waals surface area contributed by atoms with Crippen LogP contribution in [0.3, 0.4) is 0 Å². The first-order valence-electron chi connectivity index (χ1n) is 10.1. The Morgan fingerprint density at radius 3 is 2.73 bits per heavy atom. The summed E-state index contributed by atoms with van der Waals surface area (Å²) >= 11 is 0. The molecule has 0 radical (unpaired) electrons. The molecule has 0 fully saturated rings. The van der Waals surface area contributed by atoms with Gasteiger partial charge in [0, 0.05) is 19.4 Å². The van der Waals surface area contributed by atoms with Crippen LogP contribution in [0.2, 0.25) is 0 Å². The van der Waals surface area contributed by atoms with Crippen molar-refractivity contribution in [3.05, 3.63) is 83.9 Å². The van der Waals surface area contributed by atoms with Crippen molar-refractivity contribution < 1.29 is 19.1 Å². The number of rotatable bonds is 7. The van der Waals surface area contributed by atoms with Crippen molar-refractivity contribution in [1.29, 1.82) is 0 Å². The van der Waals surface area contributed by atoms with E-state index in [4.69, 9.17) is 9.47 Å². The molecule has 0 aliphatic heterocycles. The number of amides is 1. The number of nitrogens with one attached hydrogen (secondary N) is 1. The van der Waals surface area contributed by atoms with E-state index in [9.17, 15) is 9.59 Å². The molecule has 166 valence electrons. The quantitative estimate of drug-likeness (QED) is 0.204. The Labute approximate surface area is 189 Å². The van der Waals surface area contributed by atoms with Gasteiger partial charge in [-0.05, 0) is 48.0 Å². The molecule has 0 atom stereocenters. The fourth-order valence-corrected chi connectivity index (χ4v) is 3.21. The molecular formula is C24H21N5O4. The molecule has 2 aromatic carbocycles. The molecule has 0 saturated carbocycles. The Bertz CT molecular complexity index is 1330. The standard InChI is InChI=1S/C24H21N5O4/c1-29-19-8-4-3-7-18(19)27-22(29)13-23(30)28-26-14-16-9-10-20(21(12-16)32-2)33-24(31)17-6-5-11-25-15-17/h3-12,14-15H,13H2,1-2H3,(H,28,30)/b26-14+. The maximum Gasteiger partial charge on any atom is 0.345 e. The molecule has 0 aliphatic rings. The highest BCUT2D eigenvalue weighted by Gasteiger charge is 2.13. The van der Waals surface area contributed by atoms with Gasteiger partial charge >= 0.3 is 5.97 Å². The van der Waals surface area contributed by atoms with E-state index in [2.05, 4.69) is 20.5 Å². The molecule has 4 rings (SSSR count). The van der Waals surface area contributed by atoms with E-state index in [0.29, 0.717) is 22.7 Å². The number of aromatic nitrogens is 3. The summed E-state index contributed by atoms with van der Waals surface area (Å²) in [5, 5.41) is 4.00. The Hall–Kier alpha value is -4.53. The van der Waals surface area contributed by atoms with Gasteiger partial charge in [0.15, 0.2) is 11.5 Å². The Kier molecular flexibility index (Phi) is 6.40. The minimum atomic E-state index is -0.544. The monoisotopic (exact) mass is 443 g/mol. The zero-order chi connectivity index (χ0) is 23.2. The van der Waals surface area contributed by atoms with E-state index in [1.165, 1.54) is 19.5 Å². The van der Waals surface area contributed by atoms with Crippen LogP contribution in [-0.2, 0) is 18.3 Å². The minimum Gasteiger partial charge on any atom is -0.493 e. The van der Waals surface area contributed by atoms with Crippen molar-refractivity contribution in [2.75, 3.05) is 7.11 Å². The summed E-state index contributed by atoms with van der Waals surface area (Å²) in [5.74, 6) is 0.414. The van der Waals surface area contributed by atoms with Gasteiger partial charge in [-0.3, -0.25) is 9.78 Å². The number of carbonyl (C=O) groups excluding carboxylic acids is 2. The van der Waals surface area contributed by atoms with Crippen LogP contribution in [0.25, 0.3) is 11.0 Å². The van der Waals surface area contributed by atoms with E-state index < -0.39 is 5.97 Å². The molecule has 0 unspecified atom stereocenters. The van der Waals surface area contributed by atoms with Gasteiger partial charge in [-0.25, -0.2) is 15.2 Å². The molecule has 9 nitrogen and oxygen atoms in total.